The summed E-state index contributed by atoms with van der Waals surface area (Å²) in [5, 5.41) is 6.59. The van der Waals surface area contributed by atoms with Crippen LogP contribution in [-0.4, -0.2) is 74.0 Å². The third kappa shape index (κ3) is 6.67. The Balaban J connectivity index is 1.66. The Kier molecular flexibility index (Phi) is 8.36. The summed E-state index contributed by atoms with van der Waals surface area (Å²) in [5.74, 6) is 1.74. The normalized spacial score (nSPS) is 22.7. The fourth-order valence-electron chi connectivity index (χ4n) is 3.55. The molecule has 0 aromatic rings. The molecule has 1 amide bonds. The number of carbonyl (C=O) groups is 1. The highest BCUT2D eigenvalue weighted by molar-refractivity contribution is 5.85. The van der Waals surface area contributed by atoms with E-state index in [0.29, 0.717) is 0 Å². The molecule has 2 saturated heterocycles. The van der Waals surface area contributed by atoms with Crippen LogP contribution in [-0.2, 0) is 4.79 Å². The molecule has 0 radical (unpaired) electrons. The maximum absolute atomic E-state index is 12.1. The smallest absolute Gasteiger partial charge is 0.244 e. The van der Waals surface area contributed by atoms with Crippen molar-refractivity contribution >= 4 is 11.9 Å². The zero-order valence-corrected chi connectivity index (χ0v) is 15.5. The van der Waals surface area contributed by atoms with Gasteiger partial charge in [-0.05, 0) is 58.0 Å². The quantitative estimate of drug-likeness (QED) is 0.417. The van der Waals surface area contributed by atoms with Crippen molar-refractivity contribution in [1.82, 2.24) is 20.4 Å². The van der Waals surface area contributed by atoms with Gasteiger partial charge in [-0.25, -0.2) is 4.99 Å². The highest BCUT2D eigenvalue weighted by atomic mass is 16.2. The summed E-state index contributed by atoms with van der Waals surface area (Å²) < 4.78 is 0. The first-order valence-corrected chi connectivity index (χ1v) is 9.71. The van der Waals surface area contributed by atoms with Crippen molar-refractivity contribution in [3.8, 4) is 0 Å². The molecule has 0 saturated carbocycles. The molecule has 1 unspecified atom stereocenters. The van der Waals surface area contributed by atoms with Crippen molar-refractivity contribution in [2.24, 2.45) is 10.9 Å². The zero-order chi connectivity index (χ0) is 17.2. The van der Waals surface area contributed by atoms with Crippen LogP contribution in [0.3, 0.4) is 0 Å². The predicted octanol–water partition coefficient (Wildman–Crippen LogP) is 1.29. The standard InChI is InChI=1S/C18H35N5O/c1-3-19-18(21-14-17(24)23-12-4-5-13-23)20-9-7-11-22-10-6-8-16(2)15-22/h16H,3-15H2,1-2H3,(H2,19,20,21). The van der Waals surface area contributed by atoms with Crippen LogP contribution in [0.5, 0.6) is 0 Å². The average molecular weight is 338 g/mol. The van der Waals surface area contributed by atoms with Crippen LogP contribution in [0.4, 0.5) is 0 Å². The maximum Gasteiger partial charge on any atom is 0.244 e. The average Bonchev–Trinajstić information content (AvgIpc) is 3.11. The molecule has 0 aromatic heterocycles. The molecule has 2 aliphatic heterocycles. The number of aliphatic imine (C=N–C) groups is 1. The Morgan fingerprint density at radius 1 is 1.17 bits per heavy atom. The monoisotopic (exact) mass is 337 g/mol. The third-order valence-electron chi connectivity index (χ3n) is 4.86. The molecule has 0 aliphatic carbocycles. The number of carbonyl (C=O) groups excluding carboxylic acids is 1. The van der Waals surface area contributed by atoms with Crippen molar-refractivity contribution in [2.45, 2.75) is 46.0 Å². The van der Waals surface area contributed by atoms with E-state index in [-0.39, 0.29) is 12.5 Å². The fraction of sp³-hybridized carbons (Fsp3) is 0.889. The lowest BCUT2D eigenvalue weighted by atomic mass is 10.0. The summed E-state index contributed by atoms with van der Waals surface area (Å²) in [7, 11) is 0. The van der Waals surface area contributed by atoms with E-state index >= 15 is 0 Å². The van der Waals surface area contributed by atoms with Crippen molar-refractivity contribution in [3.05, 3.63) is 0 Å². The highest BCUT2D eigenvalue weighted by Gasteiger charge is 2.17. The molecule has 0 aromatic carbocycles. The van der Waals surface area contributed by atoms with Crippen LogP contribution in [0, 0.1) is 5.92 Å². The lowest BCUT2D eigenvalue weighted by Gasteiger charge is -2.30. The summed E-state index contributed by atoms with van der Waals surface area (Å²) in [5.41, 5.74) is 0. The van der Waals surface area contributed by atoms with E-state index in [2.05, 4.69) is 34.4 Å². The molecule has 2 N–H and O–H groups in total. The maximum atomic E-state index is 12.1. The van der Waals surface area contributed by atoms with Gasteiger partial charge in [0.25, 0.3) is 0 Å². The summed E-state index contributed by atoms with van der Waals surface area (Å²) in [4.78, 5) is 21.0. The van der Waals surface area contributed by atoms with Crippen LogP contribution in [0.15, 0.2) is 4.99 Å². The van der Waals surface area contributed by atoms with Gasteiger partial charge >= 0.3 is 0 Å². The van der Waals surface area contributed by atoms with Gasteiger partial charge in [0.2, 0.25) is 5.91 Å². The summed E-state index contributed by atoms with van der Waals surface area (Å²) in [6, 6.07) is 0. The van der Waals surface area contributed by atoms with Gasteiger partial charge in [-0.3, -0.25) is 4.79 Å². The fourth-order valence-corrected chi connectivity index (χ4v) is 3.55. The Labute approximate surface area is 147 Å². The van der Waals surface area contributed by atoms with Gasteiger partial charge in [-0.1, -0.05) is 6.92 Å². The van der Waals surface area contributed by atoms with Crippen LogP contribution in [0.2, 0.25) is 0 Å². The number of hydrogen-bond donors (Lipinski definition) is 2. The van der Waals surface area contributed by atoms with Gasteiger partial charge in [-0.2, -0.15) is 0 Å². The number of amides is 1. The molecular weight excluding hydrogens is 302 g/mol. The van der Waals surface area contributed by atoms with Crippen LogP contribution in [0.25, 0.3) is 0 Å². The molecule has 138 valence electrons. The van der Waals surface area contributed by atoms with E-state index in [1.165, 1.54) is 25.9 Å². The first-order valence-electron chi connectivity index (χ1n) is 9.71. The predicted molar refractivity (Wildman–Crippen MR) is 99.3 cm³/mol. The minimum absolute atomic E-state index is 0.145. The van der Waals surface area contributed by atoms with Crippen LogP contribution < -0.4 is 10.6 Å². The SMILES string of the molecule is CCNC(=NCC(=O)N1CCCC1)NCCCN1CCCC(C)C1. The Morgan fingerprint density at radius 2 is 1.96 bits per heavy atom. The molecule has 0 spiro atoms. The molecule has 2 rings (SSSR count). The van der Waals surface area contributed by atoms with Crippen molar-refractivity contribution in [1.29, 1.82) is 0 Å². The molecular formula is C18H35N5O. The second-order valence-corrected chi connectivity index (χ2v) is 7.11. The van der Waals surface area contributed by atoms with Crippen molar-refractivity contribution < 1.29 is 4.79 Å². The largest absolute Gasteiger partial charge is 0.357 e. The highest BCUT2D eigenvalue weighted by Crippen LogP contribution is 2.15. The van der Waals surface area contributed by atoms with E-state index < -0.39 is 0 Å². The van der Waals surface area contributed by atoms with E-state index in [4.69, 9.17) is 0 Å². The van der Waals surface area contributed by atoms with Crippen LogP contribution >= 0.6 is 0 Å². The minimum atomic E-state index is 0.145. The molecule has 24 heavy (non-hydrogen) atoms. The second kappa shape index (κ2) is 10.5. The number of nitrogens with zero attached hydrogens (tertiary/aromatic N) is 3. The molecule has 2 heterocycles. The van der Waals surface area contributed by atoms with E-state index in [0.717, 1.165) is 63.9 Å². The molecule has 6 nitrogen and oxygen atoms in total. The summed E-state index contributed by atoms with van der Waals surface area (Å²) in [6.07, 6.45) is 6.07. The number of likely N-dealkylation sites (tertiary alicyclic amines) is 2. The van der Waals surface area contributed by atoms with Gasteiger partial charge in [0.1, 0.15) is 6.54 Å². The second-order valence-electron chi connectivity index (χ2n) is 7.11. The number of hydrogen-bond acceptors (Lipinski definition) is 3. The topological polar surface area (TPSA) is 60.0 Å². The Bertz CT molecular complexity index is 406. The molecule has 2 fully saturated rings. The van der Waals surface area contributed by atoms with Gasteiger partial charge in [0.15, 0.2) is 5.96 Å². The van der Waals surface area contributed by atoms with Crippen molar-refractivity contribution in [3.63, 3.8) is 0 Å². The van der Waals surface area contributed by atoms with E-state index in [9.17, 15) is 4.79 Å². The lowest BCUT2D eigenvalue weighted by molar-refractivity contribution is -0.128. The van der Waals surface area contributed by atoms with Crippen LogP contribution in [0.1, 0.15) is 46.0 Å². The number of piperidine rings is 1. The lowest BCUT2D eigenvalue weighted by Crippen LogP contribution is -2.41. The van der Waals surface area contributed by atoms with E-state index in [1.807, 2.05) is 4.90 Å². The molecule has 1 atom stereocenters. The molecule has 2 aliphatic rings. The Hall–Kier alpha value is -1.30. The first-order chi connectivity index (χ1) is 11.7. The number of nitrogens with one attached hydrogen (secondary N) is 2. The number of rotatable bonds is 7. The summed E-state index contributed by atoms with van der Waals surface area (Å²) in [6.45, 7) is 11.8. The number of guanidine groups is 1. The summed E-state index contributed by atoms with van der Waals surface area (Å²) >= 11 is 0. The van der Waals surface area contributed by atoms with Gasteiger partial charge in [0.05, 0.1) is 0 Å². The third-order valence-corrected chi connectivity index (χ3v) is 4.86. The zero-order valence-electron chi connectivity index (χ0n) is 15.5. The minimum Gasteiger partial charge on any atom is -0.357 e. The van der Waals surface area contributed by atoms with E-state index in [1.54, 1.807) is 0 Å². The van der Waals surface area contributed by atoms with Gasteiger partial charge < -0.3 is 20.4 Å². The molecule has 0 bridgehead atoms. The van der Waals surface area contributed by atoms with Gasteiger partial charge in [-0.15, -0.1) is 0 Å². The van der Waals surface area contributed by atoms with Crippen molar-refractivity contribution in [2.75, 3.05) is 52.4 Å². The molecule has 6 heteroatoms. The Morgan fingerprint density at radius 3 is 2.67 bits per heavy atom. The van der Waals surface area contributed by atoms with Gasteiger partial charge in [0, 0.05) is 32.7 Å². The first kappa shape index (κ1) is 19.0.